The first-order chi connectivity index (χ1) is 14.2. The van der Waals surface area contributed by atoms with Crippen molar-refractivity contribution in [2.45, 2.75) is 31.7 Å². The van der Waals surface area contributed by atoms with E-state index in [-0.39, 0.29) is 11.9 Å². The molecule has 1 atom stereocenters. The quantitative estimate of drug-likeness (QED) is 0.656. The molecule has 3 heterocycles. The fraction of sp³-hybridized carbons (Fsp3) is 0.500. The van der Waals surface area contributed by atoms with Crippen molar-refractivity contribution in [2.75, 3.05) is 34.4 Å². The van der Waals surface area contributed by atoms with Crippen LogP contribution in [0.1, 0.15) is 42.2 Å². The Hall–Kier alpha value is -2.52. The molecule has 1 saturated heterocycles. The van der Waals surface area contributed by atoms with Crippen LogP contribution in [0.4, 0.5) is 0 Å². The van der Waals surface area contributed by atoms with Crippen molar-refractivity contribution in [3.63, 3.8) is 0 Å². The molecule has 0 amide bonds. The van der Waals surface area contributed by atoms with Gasteiger partial charge in [0.1, 0.15) is 12.1 Å². The third kappa shape index (κ3) is 3.60. The Morgan fingerprint density at radius 1 is 1.03 bits per heavy atom. The third-order valence-electron chi connectivity index (χ3n) is 5.40. The smallest absolute Gasteiger partial charge is 0.230 e. The van der Waals surface area contributed by atoms with Gasteiger partial charge in [-0.25, -0.2) is 4.98 Å². The number of benzene rings is 1. The number of rotatable bonds is 6. The SMILES string of the molecule is COc1cc(OC)c(OC)c([C@@H](c2sc3ncnn3c2O)N2CCCCCC2)c1. The van der Waals surface area contributed by atoms with Crippen LogP contribution < -0.4 is 14.2 Å². The van der Waals surface area contributed by atoms with Crippen LogP contribution in [-0.2, 0) is 0 Å². The van der Waals surface area contributed by atoms with Gasteiger partial charge < -0.3 is 19.3 Å². The molecule has 8 nitrogen and oxygen atoms in total. The molecule has 4 rings (SSSR count). The minimum atomic E-state index is -0.222. The van der Waals surface area contributed by atoms with Gasteiger partial charge in [-0.15, -0.1) is 0 Å². The standard InChI is InChI=1S/C20H26N4O4S/c1-26-13-10-14(17(28-3)15(11-13)27-2)16(23-8-6-4-5-7-9-23)18-19(25)24-20(29-18)21-12-22-24/h10-12,16,25H,4-9H2,1-3H3/t16-/m0/s1. The van der Waals surface area contributed by atoms with E-state index in [2.05, 4.69) is 15.0 Å². The first-order valence-electron chi connectivity index (χ1n) is 9.73. The van der Waals surface area contributed by atoms with Crippen molar-refractivity contribution in [2.24, 2.45) is 0 Å². The van der Waals surface area contributed by atoms with Crippen LogP contribution in [0.15, 0.2) is 18.5 Å². The van der Waals surface area contributed by atoms with E-state index in [0.717, 1.165) is 36.4 Å². The van der Waals surface area contributed by atoms with Crippen molar-refractivity contribution >= 4 is 16.3 Å². The topological polar surface area (TPSA) is 81.3 Å². The second-order valence-corrected chi connectivity index (χ2v) is 8.06. The van der Waals surface area contributed by atoms with Gasteiger partial charge in [0.25, 0.3) is 0 Å². The lowest BCUT2D eigenvalue weighted by molar-refractivity contribution is 0.226. The van der Waals surface area contributed by atoms with Crippen LogP contribution in [0.5, 0.6) is 23.1 Å². The van der Waals surface area contributed by atoms with Gasteiger partial charge in [0, 0.05) is 11.6 Å². The predicted molar refractivity (Wildman–Crippen MR) is 111 cm³/mol. The molecule has 0 bridgehead atoms. The van der Waals surface area contributed by atoms with Crippen molar-refractivity contribution in [3.8, 4) is 23.1 Å². The Morgan fingerprint density at radius 3 is 2.41 bits per heavy atom. The van der Waals surface area contributed by atoms with Gasteiger partial charge in [0.05, 0.1) is 32.2 Å². The number of hydrogen-bond donors (Lipinski definition) is 1. The number of methoxy groups -OCH3 is 3. The molecule has 1 N–H and O–H groups in total. The molecule has 1 aromatic carbocycles. The summed E-state index contributed by atoms with van der Waals surface area (Å²) in [5.74, 6) is 2.03. The summed E-state index contributed by atoms with van der Waals surface area (Å²) >= 11 is 1.44. The van der Waals surface area contributed by atoms with E-state index in [9.17, 15) is 5.11 Å². The Kier molecular flexibility index (Phi) is 5.77. The van der Waals surface area contributed by atoms with E-state index in [1.54, 1.807) is 21.3 Å². The van der Waals surface area contributed by atoms with Crippen LogP contribution in [0.2, 0.25) is 0 Å². The summed E-state index contributed by atoms with van der Waals surface area (Å²) in [6.45, 7) is 1.86. The van der Waals surface area contributed by atoms with E-state index in [1.165, 1.54) is 35.0 Å². The number of ether oxygens (including phenoxy) is 3. The van der Waals surface area contributed by atoms with Crippen molar-refractivity contribution in [3.05, 3.63) is 28.9 Å². The van der Waals surface area contributed by atoms with Crippen molar-refractivity contribution < 1.29 is 19.3 Å². The van der Waals surface area contributed by atoms with Crippen LogP contribution in [0.3, 0.4) is 0 Å². The van der Waals surface area contributed by atoms with Crippen LogP contribution in [0, 0.1) is 0 Å². The monoisotopic (exact) mass is 418 g/mol. The molecule has 0 spiro atoms. The number of hydrogen-bond acceptors (Lipinski definition) is 8. The summed E-state index contributed by atoms with van der Waals surface area (Å²) in [6.07, 6.45) is 6.10. The molecular formula is C20H26N4O4S. The first-order valence-corrected chi connectivity index (χ1v) is 10.5. The van der Waals surface area contributed by atoms with E-state index in [4.69, 9.17) is 14.2 Å². The maximum Gasteiger partial charge on any atom is 0.230 e. The van der Waals surface area contributed by atoms with Gasteiger partial charge in [-0.3, -0.25) is 4.90 Å². The Bertz CT molecular complexity index is 978. The van der Waals surface area contributed by atoms with Crippen molar-refractivity contribution in [1.29, 1.82) is 0 Å². The highest BCUT2D eigenvalue weighted by molar-refractivity contribution is 7.17. The largest absolute Gasteiger partial charge is 0.497 e. The van der Waals surface area contributed by atoms with E-state index in [1.807, 2.05) is 12.1 Å². The zero-order valence-corrected chi connectivity index (χ0v) is 17.7. The lowest BCUT2D eigenvalue weighted by Gasteiger charge is -2.31. The highest BCUT2D eigenvalue weighted by Crippen LogP contribution is 2.47. The molecule has 156 valence electrons. The fourth-order valence-corrected chi connectivity index (χ4v) is 5.10. The second-order valence-electron chi connectivity index (χ2n) is 7.05. The number of aromatic hydroxyl groups is 1. The van der Waals surface area contributed by atoms with Gasteiger partial charge >= 0.3 is 0 Å². The number of nitrogens with zero attached hydrogens (tertiary/aromatic N) is 4. The van der Waals surface area contributed by atoms with Gasteiger partial charge in [-0.05, 0) is 32.0 Å². The molecule has 2 aromatic heterocycles. The molecule has 9 heteroatoms. The van der Waals surface area contributed by atoms with Crippen molar-refractivity contribution in [1.82, 2.24) is 19.5 Å². The summed E-state index contributed by atoms with van der Waals surface area (Å²) < 4.78 is 18.4. The number of likely N-dealkylation sites (tertiary alicyclic amines) is 1. The minimum Gasteiger partial charge on any atom is -0.497 e. The molecule has 0 aliphatic carbocycles. The highest BCUT2D eigenvalue weighted by atomic mass is 32.1. The molecule has 29 heavy (non-hydrogen) atoms. The molecule has 0 unspecified atom stereocenters. The normalized spacial score (nSPS) is 16.5. The van der Waals surface area contributed by atoms with E-state index < -0.39 is 0 Å². The highest BCUT2D eigenvalue weighted by Gasteiger charge is 2.33. The summed E-state index contributed by atoms with van der Waals surface area (Å²) in [4.78, 5) is 8.11. The maximum absolute atomic E-state index is 11.0. The fourth-order valence-electron chi connectivity index (χ4n) is 4.02. The van der Waals surface area contributed by atoms with E-state index in [0.29, 0.717) is 22.2 Å². The van der Waals surface area contributed by atoms with Gasteiger partial charge in [0.2, 0.25) is 10.8 Å². The molecule has 0 saturated carbocycles. The van der Waals surface area contributed by atoms with Gasteiger partial charge in [-0.1, -0.05) is 24.2 Å². The average molecular weight is 419 g/mol. The van der Waals surface area contributed by atoms with E-state index >= 15 is 0 Å². The lowest BCUT2D eigenvalue weighted by atomic mass is 10.0. The average Bonchev–Trinajstić information content (AvgIpc) is 3.21. The maximum atomic E-state index is 11.0. The summed E-state index contributed by atoms with van der Waals surface area (Å²) in [7, 11) is 4.88. The molecule has 1 aliphatic heterocycles. The Morgan fingerprint density at radius 2 is 1.79 bits per heavy atom. The molecule has 1 fully saturated rings. The molecular weight excluding hydrogens is 392 g/mol. The Labute approximate surface area is 173 Å². The van der Waals surface area contributed by atoms with Gasteiger partial charge in [-0.2, -0.15) is 9.61 Å². The number of thiazole rings is 1. The lowest BCUT2D eigenvalue weighted by Crippen LogP contribution is -2.30. The zero-order chi connectivity index (χ0) is 20.4. The van der Waals surface area contributed by atoms with Gasteiger partial charge in [0.15, 0.2) is 11.5 Å². The number of fused-ring (bicyclic) bond motifs is 1. The zero-order valence-electron chi connectivity index (χ0n) is 16.9. The first kappa shape index (κ1) is 19.8. The molecule has 0 radical (unpaired) electrons. The predicted octanol–water partition coefficient (Wildman–Crippen LogP) is 3.49. The third-order valence-corrected chi connectivity index (χ3v) is 6.49. The minimum absolute atomic E-state index is 0.112. The summed E-state index contributed by atoms with van der Waals surface area (Å²) in [5, 5.41) is 15.1. The number of aromatic nitrogens is 3. The molecule has 3 aromatic rings. The second kappa shape index (κ2) is 8.46. The Balaban J connectivity index is 1.93. The van der Waals surface area contributed by atoms with Crippen LogP contribution in [-0.4, -0.2) is 59.0 Å². The summed E-state index contributed by atoms with van der Waals surface area (Å²) in [6, 6.07) is 3.55. The molecule has 1 aliphatic rings. The van der Waals surface area contributed by atoms with Crippen LogP contribution >= 0.6 is 11.3 Å². The summed E-state index contributed by atoms with van der Waals surface area (Å²) in [5.41, 5.74) is 0.894. The van der Waals surface area contributed by atoms with Crippen LogP contribution in [0.25, 0.3) is 4.96 Å².